The summed E-state index contributed by atoms with van der Waals surface area (Å²) in [5.41, 5.74) is 0. The van der Waals surface area contributed by atoms with E-state index in [0.29, 0.717) is 5.75 Å². The van der Waals surface area contributed by atoms with Crippen LogP contribution >= 0.6 is 0 Å². The fourth-order valence-corrected chi connectivity index (χ4v) is 0.667. The zero-order chi connectivity index (χ0) is 8.81. The van der Waals surface area contributed by atoms with Gasteiger partial charge in [0.1, 0.15) is 5.75 Å². The number of ether oxygens (including phenoxy) is 2. The molecule has 1 N–H and O–H groups in total. The lowest BCUT2D eigenvalue weighted by Gasteiger charge is -2.01. The molecule has 0 fully saturated rings. The van der Waals surface area contributed by atoms with Crippen LogP contribution in [-0.2, 0) is 4.74 Å². The summed E-state index contributed by atoms with van der Waals surface area (Å²) >= 11 is 0. The van der Waals surface area contributed by atoms with E-state index in [2.05, 4.69) is 9.47 Å². The van der Waals surface area contributed by atoms with Gasteiger partial charge in [0.2, 0.25) is 0 Å². The highest BCUT2D eigenvalue weighted by molar-refractivity contribution is 5.63. The summed E-state index contributed by atoms with van der Waals surface area (Å²) in [5.74, 6) is 0.385. The van der Waals surface area contributed by atoms with Gasteiger partial charge in [0.25, 0.3) is 0 Å². The number of hydrogen-bond donors (Lipinski definition) is 1. The summed E-state index contributed by atoms with van der Waals surface area (Å²) in [6, 6.07) is 8.46. The van der Waals surface area contributed by atoms with Crippen molar-refractivity contribution in [3.8, 4) is 5.75 Å². The first-order chi connectivity index (χ1) is 5.83. The van der Waals surface area contributed by atoms with Gasteiger partial charge < -0.3 is 14.6 Å². The molecule has 0 heterocycles. The molecule has 0 spiro atoms. The van der Waals surface area contributed by atoms with Crippen LogP contribution in [-0.4, -0.2) is 18.1 Å². The van der Waals surface area contributed by atoms with Gasteiger partial charge in [-0.2, -0.15) is 0 Å². The number of carbonyl (C=O) groups is 1. The zero-order valence-electron chi connectivity index (χ0n) is 6.27. The number of benzene rings is 1. The SMILES string of the molecule is O=C(OCO)Oc1ccccc1. The molecule has 1 rings (SSSR count). The summed E-state index contributed by atoms with van der Waals surface area (Å²) in [6.45, 7) is -0.675. The van der Waals surface area contributed by atoms with Gasteiger partial charge in [-0.05, 0) is 12.1 Å². The second-order valence-electron chi connectivity index (χ2n) is 1.94. The molecule has 0 bridgehead atoms. The molecule has 0 aromatic heterocycles. The van der Waals surface area contributed by atoms with Crippen molar-refractivity contribution in [2.45, 2.75) is 0 Å². The number of hydrogen-bond acceptors (Lipinski definition) is 4. The molecule has 0 unspecified atom stereocenters. The lowest BCUT2D eigenvalue weighted by Crippen LogP contribution is -2.10. The van der Waals surface area contributed by atoms with Crippen molar-refractivity contribution in [2.24, 2.45) is 0 Å². The van der Waals surface area contributed by atoms with E-state index in [-0.39, 0.29) is 0 Å². The molecular weight excluding hydrogens is 160 g/mol. The second kappa shape index (κ2) is 4.35. The van der Waals surface area contributed by atoms with Gasteiger partial charge in [-0.3, -0.25) is 0 Å². The summed E-state index contributed by atoms with van der Waals surface area (Å²) in [5, 5.41) is 8.19. The Hall–Kier alpha value is -1.55. The molecule has 4 heteroatoms. The van der Waals surface area contributed by atoms with Crippen LogP contribution in [0.1, 0.15) is 0 Å². The van der Waals surface area contributed by atoms with Crippen molar-refractivity contribution in [3.63, 3.8) is 0 Å². The zero-order valence-corrected chi connectivity index (χ0v) is 6.27. The average molecular weight is 168 g/mol. The van der Waals surface area contributed by atoms with Gasteiger partial charge >= 0.3 is 6.16 Å². The molecule has 0 atom stereocenters. The van der Waals surface area contributed by atoms with Crippen molar-refractivity contribution in [2.75, 3.05) is 6.79 Å². The van der Waals surface area contributed by atoms with E-state index >= 15 is 0 Å². The van der Waals surface area contributed by atoms with Gasteiger partial charge in [-0.25, -0.2) is 4.79 Å². The maximum absolute atomic E-state index is 10.6. The molecule has 64 valence electrons. The third-order valence-corrected chi connectivity index (χ3v) is 1.13. The Bertz CT molecular complexity index is 244. The van der Waals surface area contributed by atoms with Crippen molar-refractivity contribution >= 4 is 6.16 Å². The Balaban J connectivity index is 2.47. The molecule has 0 amide bonds. The van der Waals surface area contributed by atoms with Gasteiger partial charge in [-0.15, -0.1) is 0 Å². The molecule has 0 saturated carbocycles. The van der Waals surface area contributed by atoms with Gasteiger partial charge in [0, 0.05) is 0 Å². The summed E-state index contributed by atoms with van der Waals surface area (Å²) in [7, 11) is 0. The number of aliphatic hydroxyl groups is 1. The molecule has 0 aliphatic rings. The molecule has 4 nitrogen and oxygen atoms in total. The van der Waals surface area contributed by atoms with Crippen LogP contribution in [0.4, 0.5) is 4.79 Å². The first kappa shape index (κ1) is 8.55. The van der Waals surface area contributed by atoms with Crippen LogP contribution in [0, 0.1) is 0 Å². The third kappa shape index (κ3) is 2.59. The number of rotatable bonds is 2. The minimum absolute atomic E-state index is 0.385. The van der Waals surface area contributed by atoms with Crippen LogP contribution in [0.3, 0.4) is 0 Å². The van der Waals surface area contributed by atoms with Crippen molar-refractivity contribution in [3.05, 3.63) is 30.3 Å². The lowest BCUT2D eigenvalue weighted by molar-refractivity contribution is 0.0184. The molecule has 0 aliphatic carbocycles. The number of carbonyl (C=O) groups excluding carboxylic acids is 1. The third-order valence-electron chi connectivity index (χ3n) is 1.13. The van der Waals surface area contributed by atoms with E-state index in [1.807, 2.05) is 0 Å². The maximum atomic E-state index is 10.6. The van der Waals surface area contributed by atoms with Gasteiger partial charge in [-0.1, -0.05) is 18.2 Å². The fraction of sp³-hybridized carbons (Fsp3) is 0.125. The topological polar surface area (TPSA) is 55.8 Å². The highest BCUT2D eigenvalue weighted by Gasteiger charge is 2.02. The predicted octanol–water partition coefficient (Wildman–Crippen LogP) is 1.15. The average Bonchev–Trinajstić information content (AvgIpc) is 2.06. The smallest absolute Gasteiger partial charge is 0.407 e. The Morgan fingerprint density at radius 1 is 1.33 bits per heavy atom. The Morgan fingerprint density at radius 3 is 2.58 bits per heavy atom. The van der Waals surface area contributed by atoms with E-state index in [4.69, 9.17) is 5.11 Å². The van der Waals surface area contributed by atoms with Crippen LogP contribution in [0.2, 0.25) is 0 Å². The van der Waals surface area contributed by atoms with Crippen LogP contribution in [0.5, 0.6) is 5.75 Å². The van der Waals surface area contributed by atoms with E-state index in [1.54, 1.807) is 30.3 Å². The normalized spacial score (nSPS) is 9.08. The quantitative estimate of drug-likeness (QED) is 0.409. The lowest BCUT2D eigenvalue weighted by atomic mass is 10.3. The largest absolute Gasteiger partial charge is 0.515 e. The van der Waals surface area contributed by atoms with Crippen LogP contribution in [0.25, 0.3) is 0 Å². The maximum Gasteiger partial charge on any atom is 0.515 e. The summed E-state index contributed by atoms with van der Waals surface area (Å²) in [6.07, 6.45) is -0.913. The minimum Gasteiger partial charge on any atom is -0.407 e. The van der Waals surface area contributed by atoms with Crippen molar-refractivity contribution in [1.29, 1.82) is 0 Å². The Kier molecular flexibility index (Phi) is 3.10. The van der Waals surface area contributed by atoms with E-state index < -0.39 is 12.9 Å². The van der Waals surface area contributed by atoms with E-state index in [9.17, 15) is 4.79 Å². The fourth-order valence-electron chi connectivity index (χ4n) is 0.667. The Morgan fingerprint density at radius 2 is 2.00 bits per heavy atom. The molecule has 12 heavy (non-hydrogen) atoms. The highest BCUT2D eigenvalue weighted by Crippen LogP contribution is 2.08. The predicted molar refractivity (Wildman–Crippen MR) is 40.6 cm³/mol. The molecular formula is C8H8O4. The first-order valence-corrected chi connectivity index (χ1v) is 3.33. The number of aliphatic hydroxyl groups excluding tert-OH is 1. The Labute approximate surface area is 69.3 Å². The minimum atomic E-state index is -0.913. The van der Waals surface area contributed by atoms with Crippen LogP contribution in [0.15, 0.2) is 30.3 Å². The number of para-hydroxylation sites is 1. The van der Waals surface area contributed by atoms with Crippen molar-refractivity contribution < 1.29 is 19.4 Å². The molecule has 0 radical (unpaired) electrons. The van der Waals surface area contributed by atoms with Gasteiger partial charge in [0.05, 0.1) is 0 Å². The van der Waals surface area contributed by atoms with E-state index in [0.717, 1.165) is 0 Å². The first-order valence-electron chi connectivity index (χ1n) is 3.33. The standard InChI is InChI=1S/C8H8O4/c9-6-11-8(10)12-7-4-2-1-3-5-7/h1-5,9H,6H2. The monoisotopic (exact) mass is 168 g/mol. The second-order valence-corrected chi connectivity index (χ2v) is 1.94. The molecule has 1 aromatic rings. The highest BCUT2D eigenvalue weighted by atomic mass is 16.8. The van der Waals surface area contributed by atoms with E-state index in [1.165, 1.54) is 0 Å². The summed E-state index contributed by atoms with van der Waals surface area (Å²) < 4.78 is 8.77. The molecule has 0 aliphatic heterocycles. The van der Waals surface area contributed by atoms with Crippen LogP contribution < -0.4 is 4.74 Å². The van der Waals surface area contributed by atoms with Gasteiger partial charge in [0.15, 0.2) is 6.79 Å². The molecule has 0 saturated heterocycles. The van der Waals surface area contributed by atoms with Crippen molar-refractivity contribution in [1.82, 2.24) is 0 Å². The molecule has 1 aromatic carbocycles. The summed E-state index contributed by atoms with van der Waals surface area (Å²) in [4.78, 5) is 10.6.